The zero-order valence-corrected chi connectivity index (χ0v) is 11.0. The average molecular weight is 225 g/mol. The van der Waals surface area contributed by atoms with Crippen molar-refractivity contribution in [3.8, 4) is 0 Å². The molecule has 0 radical (unpaired) electrons. The number of rotatable bonds is 2. The van der Waals surface area contributed by atoms with Gasteiger partial charge in [-0.3, -0.25) is 0 Å². The molecule has 1 nitrogen and oxygen atoms in total. The highest BCUT2D eigenvalue weighted by atomic mass is 15.1. The number of nitrogens with zero attached hydrogens (tertiary/aromatic N) is 1. The van der Waals surface area contributed by atoms with Gasteiger partial charge in [-0.2, -0.15) is 0 Å². The molecule has 17 heavy (non-hydrogen) atoms. The van der Waals surface area contributed by atoms with Crippen LogP contribution in [0, 0.1) is 20.8 Å². The third-order valence-corrected chi connectivity index (χ3v) is 3.07. The molecule has 2 aromatic rings. The Labute approximate surface area is 104 Å². The van der Waals surface area contributed by atoms with Crippen LogP contribution in [0.5, 0.6) is 0 Å². The maximum absolute atomic E-state index is 2.25. The fourth-order valence-corrected chi connectivity index (χ4v) is 2.22. The first kappa shape index (κ1) is 11.7. The van der Waals surface area contributed by atoms with Crippen molar-refractivity contribution in [1.29, 1.82) is 0 Å². The van der Waals surface area contributed by atoms with Gasteiger partial charge in [-0.15, -0.1) is 0 Å². The van der Waals surface area contributed by atoms with E-state index in [1.165, 1.54) is 28.1 Å². The van der Waals surface area contributed by atoms with Crippen LogP contribution in [0.25, 0.3) is 0 Å². The summed E-state index contributed by atoms with van der Waals surface area (Å²) in [4.78, 5) is 2.25. The lowest BCUT2D eigenvalue weighted by Gasteiger charge is -2.22. The highest BCUT2D eigenvalue weighted by Crippen LogP contribution is 2.27. The van der Waals surface area contributed by atoms with E-state index in [9.17, 15) is 0 Å². The zero-order chi connectivity index (χ0) is 12.4. The van der Waals surface area contributed by atoms with Crippen LogP contribution in [0.3, 0.4) is 0 Å². The Bertz CT molecular complexity index is 509. The van der Waals surface area contributed by atoms with Gasteiger partial charge in [0.2, 0.25) is 0 Å². The van der Waals surface area contributed by atoms with E-state index in [1.54, 1.807) is 0 Å². The zero-order valence-electron chi connectivity index (χ0n) is 11.0. The summed E-state index contributed by atoms with van der Waals surface area (Å²) >= 11 is 0. The second-order valence-corrected chi connectivity index (χ2v) is 4.69. The largest absolute Gasteiger partial charge is 0.344 e. The van der Waals surface area contributed by atoms with E-state index >= 15 is 0 Å². The fourth-order valence-electron chi connectivity index (χ4n) is 2.22. The molecule has 2 rings (SSSR count). The molecule has 0 saturated carbocycles. The van der Waals surface area contributed by atoms with Gasteiger partial charge in [-0.05, 0) is 55.7 Å². The summed E-state index contributed by atoms with van der Waals surface area (Å²) in [6, 6.07) is 15.1. The first-order valence-electron chi connectivity index (χ1n) is 5.95. The Morgan fingerprint density at radius 1 is 0.824 bits per heavy atom. The molecule has 0 amide bonds. The smallest absolute Gasteiger partial charge is 0.0437 e. The topological polar surface area (TPSA) is 3.24 Å². The molecule has 1 heteroatoms. The quantitative estimate of drug-likeness (QED) is 0.733. The summed E-state index contributed by atoms with van der Waals surface area (Å²) in [5.74, 6) is 0. The molecule has 0 spiro atoms. The van der Waals surface area contributed by atoms with Gasteiger partial charge in [0, 0.05) is 18.4 Å². The van der Waals surface area contributed by atoms with E-state index in [0.29, 0.717) is 0 Å². The summed E-state index contributed by atoms with van der Waals surface area (Å²) in [5, 5.41) is 0. The summed E-state index contributed by atoms with van der Waals surface area (Å²) in [7, 11) is 2.12. The Balaban J connectivity index is 2.43. The highest BCUT2D eigenvalue weighted by molar-refractivity contribution is 5.66. The van der Waals surface area contributed by atoms with Crippen LogP contribution in [-0.2, 0) is 0 Å². The molecule has 0 heterocycles. The number of aryl methyl sites for hydroxylation is 3. The van der Waals surface area contributed by atoms with E-state index in [1.807, 2.05) is 0 Å². The monoisotopic (exact) mass is 225 g/mol. The minimum absolute atomic E-state index is 1.25. The molecule has 0 saturated heterocycles. The molecule has 0 aromatic heterocycles. The van der Waals surface area contributed by atoms with Gasteiger partial charge in [-0.25, -0.2) is 0 Å². The molecule has 0 aliphatic carbocycles. The Hall–Kier alpha value is -1.76. The number of hydrogen-bond donors (Lipinski definition) is 0. The van der Waals surface area contributed by atoms with Crippen molar-refractivity contribution in [2.75, 3.05) is 11.9 Å². The lowest BCUT2D eigenvalue weighted by molar-refractivity contribution is 1.17. The van der Waals surface area contributed by atoms with Gasteiger partial charge in [0.1, 0.15) is 0 Å². The van der Waals surface area contributed by atoms with Gasteiger partial charge < -0.3 is 4.90 Å². The van der Waals surface area contributed by atoms with Gasteiger partial charge in [0.05, 0.1) is 0 Å². The van der Waals surface area contributed by atoms with Crippen LogP contribution in [0.4, 0.5) is 11.4 Å². The lowest BCUT2D eigenvalue weighted by atomic mass is 10.1. The normalized spacial score (nSPS) is 10.4. The van der Waals surface area contributed by atoms with E-state index in [0.717, 1.165) is 0 Å². The van der Waals surface area contributed by atoms with Crippen LogP contribution >= 0.6 is 0 Å². The van der Waals surface area contributed by atoms with Crippen molar-refractivity contribution >= 4 is 11.4 Å². The molecule has 0 unspecified atom stereocenters. The second-order valence-electron chi connectivity index (χ2n) is 4.69. The summed E-state index contributed by atoms with van der Waals surface area (Å²) < 4.78 is 0. The predicted molar refractivity (Wildman–Crippen MR) is 75.2 cm³/mol. The molecule has 0 bridgehead atoms. The maximum atomic E-state index is 2.25. The van der Waals surface area contributed by atoms with Crippen LogP contribution in [0.15, 0.2) is 42.5 Å². The van der Waals surface area contributed by atoms with E-state index < -0.39 is 0 Å². The number of para-hydroxylation sites is 1. The van der Waals surface area contributed by atoms with Gasteiger partial charge in [0.25, 0.3) is 0 Å². The predicted octanol–water partition coefficient (Wildman–Crippen LogP) is 4.38. The van der Waals surface area contributed by atoms with Crippen LogP contribution < -0.4 is 4.90 Å². The van der Waals surface area contributed by atoms with Crippen molar-refractivity contribution in [2.45, 2.75) is 20.8 Å². The van der Waals surface area contributed by atoms with E-state index in [-0.39, 0.29) is 0 Å². The molecular formula is C16H19N. The van der Waals surface area contributed by atoms with Gasteiger partial charge in [0.15, 0.2) is 0 Å². The molecule has 0 aliphatic heterocycles. The third kappa shape index (κ3) is 2.50. The van der Waals surface area contributed by atoms with Gasteiger partial charge >= 0.3 is 0 Å². The number of anilines is 2. The van der Waals surface area contributed by atoms with Gasteiger partial charge in [-0.1, -0.05) is 24.3 Å². The Kier molecular flexibility index (Phi) is 3.19. The van der Waals surface area contributed by atoms with E-state index in [2.05, 4.69) is 75.2 Å². The minimum Gasteiger partial charge on any atom is -0.344 e. The molecule has 2 aromatic carbocycles. The van der Waals surface area contributed by atoms with Crippen molar-refractivity contribution in [3.05, 3.63) is 59.2 Å². The fraction of sp³-hybridized carbons (Fsp3) is 0.250. The molecule has 88 valence electrons. The maximum Gasteiger partial charge on any atom is 0.0437 e. The van der Waals surface area contributed by atoms with Crippen LogP contribution in [0.1, 0.15) is 16.7 Å². The highest BCUT2D eigenvalue weighted by Gasteiger charge is 2.06. The molecule has 0 aliphatic rings. The Morgan fingerprint density at radius 2 is 1.41 bits per heavy atom. The molecule has 0 N–H and O–H groups in total. The molecular weight excluding hydrogens is 206 g/mol. The minimum atomic E-state index is 1.25. The lowest BCUT2D eigenvalue weighted by Crippen LogP contribution is -2.11. The van der Waals surface area contributed by atoms with Crippen molar-refractivity contribution in [2.24, 2.45) is 0 Å². The van der Waals surface area contributed by atoms with Crippen LogP contribution in [0.2, 0.25) is 0 Å². The van der Waals surface area contributed by atoms with Crippen molar-refractivity contribution in [1.82, 2.24) is 0 Å². The SMILES string of the molecule is Cc1cc(C)cc(N(C)c2ccccc2C)c1. The van der Waals surface area contributed by atoms with E-state index in [4.69, 9.17) is 0 Å². The summed E-state index contributed by atoms with van der Waals surface area (Å²) in [6.07, 6.45) is 0. The Morgan fingerprint density at radius 3 is 2.00 bits per heavy atom. The first-order chi connectivity index (χ1) is 8.08. The number of benzene rings is 2. The van der Waals surface area contributed by atoms with Crippen LogP contribution in [-0.4, -0.2) is 7.05 Å². The van der Waals surface area contributed by atoms with Crippen molar-refractivity contribution in [3.63, 3.8) is 0 Å². The average Bonchev–Trinajstić information content (AvgIpc) is 2.27. The molecule has 0 fully saturated rings. The summed E-state index contributed by atoms with van der Waals surface area (Å²) in [6.45, 7) is 6.43. The van der Waals surface area contributed by atoms with Crippen molar-refractivity contribution < 1.29 is 0 Å². The molecule has 0 atom stereocenters. The second kappa shape index (κ2) is 4.62. The summed E-state index contributed by atoms with van der Waals surface area (Å²) in [5.41, 5.74) is 6.42. The third-order valence-electron chi connectivity index (χ3n) is 3.07. The standard InChI is InChI=1S/C16H19N/c1-12-9-13(2)11-15(10-12)17(4)16-8-6-5-7-14(16)3/h5-11H,1-4H3. The first-order valence-corrected chi connectivity index (χ1v) is 5.95. The number of hydrogen-bond acceptors (Lipinski definition) is 1.